The van der Waals surface area contributed by atoms with E-state index in [0.29, 0.717) is 10.0 Å². The maximum atomic E-state index is 9.55. The largest absolute Gasteiger partial charge is 0.309 e. The molecule has 3 nitrogen and oxygen atoms in total. The maximum absolute atomic E-state index is 9.55. The summed E-state index contributed by atoms with van der Waals surface area (Å²) in [4.78, 5) is 0. The van der Waals surface area contributed by atoms with Gasteiger partial charge in [0.2, 0.25) is 0 Å². The molecule has 186 valence electrons. The van der Waals surface area contributed by atoms with E-state index in [1.54, 1.807) is 0 Å². The lowest BCUT2D eigenvalue weighted by atomic mass is 10.1. The Morgan fingerprint density at radius 1 is 0.500 bits per heavy atom. The highest BCUT2D eigenvalue weighted by atomic mass is 15.4. The second kappa shape index (κ2) is 8.54. The Hall–Kier alpha value is -5.43. The third-order valence-corrected chi connectivity index (χ3v) is 8.26. The molecule has 6 aromatic carbocycles. The third kappa shape index (κ3) is 2.97. The van der Waals surface area contributed by atoms with Gasteiger partial charge in [0.1, 0.15) is 11.4 Å². The van der Waals surface area contributed by atoms with Crippen LogP contribution in [0, 0.1) is 11.3 Å². The molecule has 0 bridgehead atoms. The molecule has 8 rings (SSSR count). The van der Waals surface area contributed by atoms with Crippen molar-refractivity contribution in [3.05, 3.63) is 151 Å². The standard InChI is InChI=1S/C37H24N3/c38-25-26-18-20-28(21-19-26)40(36-16-8-5-13-31(36)32-14-6-9-17-37(32)40)29-22-23-35-33(24-29)30-12-4-7-15-34(30)39(35)27-10-2-1-3-11-27/h1-24H/q+1. The van der Waals surface area contributed by atoms with Crippen molar-refractivity contribution in [2.45, 2.75) is 0 Å². The molecular formula is C37H24N3+. The predicted octanol–water partition coefficient (Wildman–Crippen LogP) is 9.94. The lowest BCUT2D eigenvalue weighted by molar-refractivity contribution is 0.722. The number of benzene rings is 6. The van der Waals surface area contributed by atoms with Crippen molar-refractivity contribution in [3.63, 3.8) is 0 Å². The normalized spacial score (nSPS) is 13.2. The van der Waals surface area contributed by atoms with Gasteiger partial charge < -0.3 is 4.57 Å². The van der Waals surface area contributed by atoms with Gasteiger partial charge in [-0.25, -0.2) is 0 Å². The molecule has 0 fully saturated rings. The minimum atomic E-state index is 0.457. The first kappa shape index (κ1) is 22.5. The van der Waals surface area contributed by atoms with Crippen LogP contribution in [-0.2, 0) is 0 Å². The molecule has 0 saturated carbocycles. The zero-order valence-electron chi connectivity index (χ0n) is 21.7. The van der Waals surface area contributed by atoms with Crippen molar-refractivity contribution in [1.82, 2.24) is 9.05 Å². The van der Waals surface area contributed by atoms with Crippen LogP contribution >= 0.6 is 0 Å². The van der Waals surface area contributed by atoms with E-state index in [2.05, 4.69) is 144 Å². The Bertz CT molecular complexity index is 2070. The van der Waals surface area contributed by atoms with Gasteiger partial charge in [-0.05, 0) is 48.5 Å². The summed E-state index contributed by atoms with van der Waals surface area (Å²) < 4.78 is 2.81. The first-order chi connectivity index (χ1) is 19.8. The van der Waals surface area contributed by atoms with Crippen molar-refractivity contribution < 1.29 is 0 Å². The Labute approximate surface area is 232 Å². The molecule has 1 aromatic heterocycles. The molecule has 0 amide bonds. The van der Waals surface area contributed by atoms with Gasteiger partial charge in [0.25, 0.3) is 0 Å². The molecule has 0 N–H and O–H groups in total. The molecule has 1 aliphatic rings. The summed E-state index contributed by atoms with van der Waals surface area (Å²) in [7, 11) is 0. The van der Waals surface area contributed by atoms with Gasteiger partial charge in [0.05, 0.1) is 33.8 Å². The quantitative estimate of drug-likeness (QED) is 0.217. The van der Waals surface area contributed by atoms with Crippen LogP contribution in [0.2, 0.25) is 0 Å². The number of para-hydroxylation sites is 4. The van der Waals surface area contributed by atoms with Gasteiger partial charge in [-0.15, -0.1) is 0 Å². The molecule has 2 heterocycles. The summed E-state index contributed by atoms with van der Waals surface area (Å²) in [6.07, 6.45) is 0. The summed E-state index contributed by atoms with van der Waals surface area (Å²) in [6.45, 7) is 0. The Kier molecular flexibility index (Phi) is 4.81. The number of aromatic nitrogens is 1. The van der Waals surface area contributed by atoms with Crippen molar-refractivity contribution in [2.24, 2.45) is 0 Å². The minimum absolute atomic E-state index is 0.457. The molecule has 40 heavy (non-hydrogen) atoms. The lowest BCUT2D eigenvalue weighted by Gasteiger charge is -2.34. The number of nitrogens with zero attached hydrogens (tertiary/aromatic N) is 3. The average Bonchev–Trinajstić information content (AvgIpc) is 3.52. The summed E-state index contributed by atoms with van der Waals surface area (Å²) in [5.74, 6) is 0. The van der Waals surface area contributed by atoms with Gasteiger partial charge in [-0.3, -0.25) is 0 Å². The van der Waals surface area contributed by atoms with Gasteiger partial charge in [0.15, 0.2) is 11.4 Å². The van der Waals surface area contributed by atoms with Crippen LogP contribution in [0.1, 0.15) is 5.56 Å². The number of hydrogen-bond acceptors (Lipinski definition) is 1. The molecule has 1 aliphatic heterocycles. The van der Waals surface area contributed by atoms with Crippen molar-refractivity contribution in [3.8, 4) is 22.9 Å². The van der Waals surface area contributed by atoms with E-state index in [-0.39, 0.29) is 0 Å². The third-order valence-electron chi connectivity index (χ3n) is 8.26. The van der Waals surface area contributed by atoms with Crippen molar-refractivity contribution >= 4 is 44.6 Å². The van der Waals surface area contributed by atoms with E-state index in [4.69, 9.17) is 0 Å². The van der Waals surface area contributed by atoms with Crippen molar-refractivity contribution in [2.75, 3.05) is 0 Å². The van der Waals surface area contributed by atoms with E-state index >= 15 is 0 Å². The number of nitriles is 1. The second-order valence-corrected chi connectivity index (χ2v) is 10.3. The first-order valence-corrected chi connectivity index (χ1v) is 13.5. The second-order valence-electron chi connectivity index (χ2n) is 10.3. The predicted molar refractivity (Wildman–Crippen MR) is 165 cm³/mol. The smallest absolute Gasteiger partial charge is 0.156 e. The monoisotopic (exact) mass is 510 g/mol. The fourth-order valence-electron chi connectivity index (χ4n) is 6.61. The summed E-state index contributed by atoms with van der Waals surface area (Å²) >= 11 is 0. The first-order valence-electron chi connectivity index (χ1n) is 13.5. The van der Waals surface area contributed by atoms with Crippen LogP contribution in [-0.4, -0.2) is 4.57 Å². The molecule has 0 unspecified atom stereocenters. The van der Waals surface area contributed by atoms with Crippen LogP contribution in [0.25, 0.3) is 38.6 Å². The maximum Gasteiger partial charge on any atom is 0.156 e. The van der Waals surface area contributed by atoms with Crippen LogP contribution in [0.5, 0.6) is 0 Å². The van der Waals surface area contributed by atoms with E-state index in [1.165, 1.54) is 44.3 Å². The molecule has 0 aliphatic carbocycles. The average molecular weight is 511 g/mol. The fraction of sp³-hybridized carbons (Fsp3) is 0. The fourth-order valence-corrected chi connectivity index (χ4v) is 6.61. The zero-order valence-corrected chi connectivity index (χ0v) is 21.7. The highest BCUT2D eigenvalue weighted by Gasteiger charge is 2.48. The van der Waals surface area contributed by atoms with Crippen LogP contribution in [0.3, 0.4) is 0 Å². The Balaban J connectivity index is 1.50. The highest BCUT2D eigenvalue weighted by molar-refractivity contribution is 6.11. The number of hydrogen-bond donors (Lipinski definition) is 0. The van der Waals surface area contributed by atoms with E-state index in [0.717, 1.165) is 17.1 Å². The van der Waals surface area contributed by atoms with Gasteiger partial charge in [-0.2, -0.15) is 9.74 Å². The van der Waals surface area contributed by atoms with Gasteiger partial charge in [-0.1, -0.05) is 60.7 Å². The van der Waals surface area contributed by atoms with E-state index in [1.807, 2.05) is 12.1 Å². The minimum Gasteiger partial charge on any atom is -0.309 e. The SMILES string of the molecule is N#Cc1ccc([N+]2(c3ccc4c(c3)c3ccccc3n4-c3ccccc3)c3ccccc3-c3ccccc32)cc1. The molecule has 0 radical (unpaired) electrons. The van der Waals surface area contributed by atoms with Gasteiger partial charge in [0, 0.05) is 52.9 Å². The molecule has 3 heteroatoms. The van der Waals surface area contributed by atoms with E-state index in [9.17, 15) is 5.26 Å². The summed E-state index contributed by atoms with van der Waals surface area (Å²) in [5, 5.41) is 12.0. The lowest BCUT2D eigenvalue weighted by Crippen LogP contribution is -2.31. The molecule has 7 aromatic rings. The summed E-state index contributed by atoms with van der Waals surface area (Å²) in [6, 6.07) is 53.9. The Morgan fingerprint density at radius 2 is 1.07 bits per heavy atom. The zero-order chi connectivity index (χ0) is 26.7. The van der Waals surface area contributed by atoms with E-state index < -0.39 is 0 Å². The molecule has 0 spiro atoms. The number of rotatable bonds is 3. The topological polar surface area (TPSA) is 28.7 Å². The molecule has 0 atom stereocenters. The van der Waals surface area contributed by atoms with Crippen LogP contribution in [0.4, 0.5) is 22.7 Å². The molecular weight excluding hydrogens is 486 g/mol. The summed E-state index contributed by atoms with van der Waals surface area (Å²) in [5.41, 5.74) is 11.3. The van der Waals surface area contributed by atoms with Gasteiger partial charge >= 0.3 is 0 Å². The highest BCUT2D eigenvalue weighted by Crippen LogP contribution is 2.62. The Morgan fingerprint density at radius 3 is 1.77 bits per heavy atom. The van der Waals surface area contributed by atoms with Crippen molar-refractivity contribution in [1.29, 1.82) is 5.26 Å². The molecule has 0 saturated heterocycles. The van der Waals surface area contributed by atoms with Crippen LogP contribution < -0.4 is 4.48 Å². The number of fused-ring (bicyclic) bond motifs is 6. The number of quaternary nitrogens is 1. The van der Waals surface area contributed by atoms with Crippen LogP contribution in [0.15, 0.2) is 146 Å².